The lowest BCUT2D eigenvalue weighted by Crippen LogP contribution is -2.68. The van der Waals surface area contributed by atoms with Crippen molar-refractivity contribution in [2.24, 2.45) is 0 Å². The third-order valence-corrected chi connectivity index (χ3v) is 2.59. The summed E-state index contributed by atoms with van der Waals surface area (Å²) in [6.45, 7) is -2.23. The molecule has 0 heterocycles. The molecule has 14 heteroatoms. The Balaban J connectivity index is 5.70. The first kappa shape index (κ1) is 23.0. The molecule has 0 bridgehead atoms. The Hall–Kier alpha value is -1.99. The molecule has 0 rings (SSSR count). The van der Waals surface area contributed by atoms with E-state index in [1.807, 2.05) is 0 Å². The summed E-state index contributed by atoms with van der Waals surface area (Å²) >= 11 is 0. The Morgan fingerprint density at radius 3 is 1.88 bits per heavy atom. The Kier molecular flexibility index (Phi) is 6.90. The molecule has 0 saturated carbocycles. The van der Waals surface area contributed by atoms with Crippen molar-refractivity contribution in [1.82, 2.24) is 0 Å². The van der Waals surface area contributed by atoms with E-state index in [9.17, 15) is 49.1 Å². The minimum Gasteiger partial charge on any atom is -0.451 e. The first-order chi connectivity index (χ1) is 11.0. The number of esters is 2. The maximum Gasteiger partial charge on any atom is 0.431 e. The minimum atomic E-state index is -6.55. The number of alkyl halides is 9. The van der Waals surface area contributed by atoms with E-state index in [0.717, 1.165) is 0 Å². The monoisotopic (exact) mass is 392 g/mol. The van der Waals surface area contributed by atoms with Crippen LogP contribution in [0.2, 0.25) is 0 Å². The van der Waals surface area contributed by atoms with Gasteiger partial charge in [0.25, 0.3) is 11.7 Å². The summed E-state index contributed by atoms with van der Waals surface area (Å²) in [5.74, 6) is -10.1. The van der Waals surface area contributed by atoms with E-state index >= 15 is 0 Å². The summed E-state index contributed by atoms with van der Waals surface area (Å²) in [7, 11) is 0. The van der Waals surface area contributed by atoms with Crippen molar-refractivity contribution >= 4 is 11.9 Å². The highest BCUT2D eigenvalue weighted by atomic mass is 19.4. The number of hydrogen-bond acceptors (Lipinski definition) is 5. The lowest BCUT2D eigenvalue weighted by Gasteiger charge is -2.39. The van der Waals surface area contributed by atoms with Crippen LogP contribution in [0, 0.1) is 0 Å². The van der Waals surface area contributed by atoms with Crippen LogP contribution in [-0.2, 0) is 19.1 Å². The topological polar surface area (TPSA) is 72.8 Å². The van der Waals surface area contributed by atoms with E-state index in [4.69, 9.17) is 5.11 Å². The molecule has 0 aliphatic heterocycles. The van der Waals surface area contributed by atoms with Crippen molar-refractivity contribution in [3.63, 3.8) is 0 Å². The Morgan fingerprint density at radius 2 is 1.56 bits per heavy atom. The van der Waals surface area contributed by atoms with Crippen LogP contribution in [0.5, 0.6) is 0 Å². The second-order valence-electron chi connectivity index (χ2n) is 4.34. The molecule has 1 N–H and O–H groups in total. The smallest absolute Gasteiger partial charge is 0.431 e. The zero-order valence-electron chi connectivity index (χ0n) is 11.8. The van der Waals surface area contributed by atoms with Crippen molar-refractivity contribution in [1.29, 1.82) is 0 Å². The summed E-state index contributed by atoms with van der Waals surface area (Å²) in [5, 5.41) is 8.75. The molecule has 0 aromatic rings. The van der Waals surface area contributed by atoms with Gasteiger partial charge in [-0.25, -0.2) is 14.0 Å². The van der Waals surface area contributed by atoms with Gasteiger partial charge in [0.1, 0.15) is 6.67 Å². The largest absolute Gasteiger partial charge is 0.451 e. The van der Waals surface area contributed by atoms with Crippen LogP contribution in [0.15, 0.2) is 12.7 Å². The number of carbonyl (C=O) groups excluding carboxylic acids is 2. The Bertz CT molecular complexity index is 513. The molecule has 0 fully saturated rings. The van der Waals surface area contributed by atoms with Gasteiger partial charge < -0.3 is 14.6 Å². The number of ether oxygens (including phenoxy) is 2. The van der Waals surface area contributed by atoms with Gasteiger partial charge in [0, 0.05) is 6.08 Å². The van der Waals surface area contributed by atoms with Gasteiger partial charge in [0.15, 0.2) is 6.61 Å². The van der Waals surface area contributed by atoms with Crippen molar-refractivity contribution < 1.29 is 63.7 Å². The molecule has 146 valence electrons. The highest BCUT2D eigenvalue weighted by molar-refractivity contribution is 5.83. The average Bonchev–Trinajstić information content (AvgIpc) is 2.46. The third-order valence-electron chi connectivity index (χ3n) is 2.59. The number of hydrogen-bond donors (Lipinski definition) is 1. The van der Waals surface area contributed by atoms with E-state index in [1.54, 1.807) is 0 Å². The highest BCUT2D eigenvalue weighted by Crippen LogP contribution is 2.48. The summed E-state index contributed by atoms with van der Waals surface area (Å²) in [4.78, 5) is 21.6. The van der Waals surface area contributed by atoms with Gasteiger partial charge in [-0.05, 0) is 0 Å². The second-order valence-corrected chi connectivity index (χ2v) is 4.34. The zero-order valence-corrected chi connectivity index (χ0v) is 11.8. The molecule has 0 radical (unpaired) electrons. The van der Waals surface area contributed by atoms with Crippen molar-refractivity contribution in [2.45, 2.75) is 30.0 Å². The standard InChI is InChI=1S/C11H9F9O5/c1-2-5(21)24-3-6(22)25-7(10(15,16)17)9(13,14)8(23,4-12)11(18,19)20/h2,7,23H,1,3-4H2. The Morgan fingerprint density at radius 1 is 1.08 bits per heavy atom. The van der Waals surface area contributed by atoms with E-state index in [2.05, 4.69) is 16.1 Å². The molecule has 0 saturated heterocycles. The number of halogens is 9. The zero-order chi connectivity index (χ0) is 20.3. The van der Waals surface area contributed by atoms with E-state index in [-0.39, 0.29) is 0 Å². The normalized spacial score (nSPS) is 16.6. The van der Waals surface area contributed by atoms with Crippen LogP contribution in [0.25, 0.3) is 0 Å². The quantitative estimate of drug-likeness (QED) is 0.408. The molecular weight excluding hydrogens is 383 g/mol. The predicted octanol–water partition coefficient (Wildman–Crippen LogP) is 2.09. The average molecular weight is 392 g/mol. The number of carbonyl (C=O) groups is 2. The predicted molar refractivity (Wildman–Crippen MR) is 59.0 cm³/mol. The lowest BCUT2D eigenvalue weighted by atomic mass is 9.91. The molecule has 0 aromatic heterocycles. The molecule has 2 atom stereocenters. The first-order valence-corrected chi connectivity index (χ1v) is 5.82. The van der Waals surface area contributed by atoms with Crippen LogP contribution in [-0.4, -0.2) is 60.3 Å². The summed E-state index contributed by atoms with van der Waals surface area (Å²) in [5.41, 5.74) is -5.79. The summed E-state index contributed by atoms with van der Waals surface area (Å²) in [6.07, 6.45) is -17.3. The van der Waals surface area contributed by atoms with Crippen LogP contribution >= 0.6 is 0 Å². The molecule has 0 aliphatic rings. The SMILES string of the molecule is C=CC(=O)OCC(=O)OC(C(F)(F)F)C(F)(F)C(O)(CF)C(F)(F)F. The summed E-state index contributed by atoms with van der Waals surface area (Å²) < 4.78 is 122. The molecule has 25 heavy (non-hydrogen) atoms. The second kappa shape index (κ2) is 7.49. The van der Waals surface area contributed by atoms with Gasteiger partial charge in [-0.2, -0.15) is 35.1 Å². The summed E-state index contributed by atoms with van der Waals surface area (Å²) in [6, 6.07) is 0. The van der Waals surface area contributed by atoms with E-state index < -0.39 is 55.2 Å². The van der Waals surface area contributed by atoms with Crippen molar-refractivity contribution in [3.05, 3.63) is 12.7 Å². The highest BCUT2D eigenvalue weighted by Gasteiger charge is 2.77. The van der Waals surface area contributed by atoms with Crippen LogP contribution in [0.4, 0.5) is 39.5 Å². The van der Waals surface area contributed by atoms with Crippen LogP contribution < -0.4 is 0 Å². The molecular formula is C11H9F9O5. The molecule has 0 amide bonds. The van der Waals surface area contributed by atoms with Crippen molar-refractivity contribution in [2.75, 3.05) is 13.3 Å². The molecule has 0 aromatic carbocycles. The lowest BCUT2D eigenvalue weighted by molar-refractivity contribution is -0.380. The molecule has 5 nitrogen and oxygen atoms in total. The van der Waals surface area contributed by atoms with Gasteiger partial charge >= 0.3 is 30.2 Å². The van der Waals surface area contributed by atoms with Gasteiger partial charge in [0.05, 0.1) is 0 Å². The molecule has 0 aliphatic carbocycles. The van der Waals surface area contributed by atoms with Gasteiger partial charge in [0.2, 0.25) is 0 Å². The van der Waals surface area contributed by atoms with E-state index in [1.165, 1.54) is 0 Å². The first-order valence-electron chi connectivity index (χ1n) is 5.82. The third kappa shape index (κ3) is 4.99. The Labute approximate surface area is 133 Å². The van der Waals surface area contributed by atoms with E-state index in [0.29, 0.717) is 6.08 Å². The fourth-order valence-corrected chi connectivity index (χ4v) is 1.27. The minimum absolute atomic E-state index is 0.425. The fraction of sp³-hybridized carbons (Fsp3) is 0.636. The van der Waals surface area contributed by atoms with Crippen molar-refractivity contribution in [3.8, 4) is 0 Å². The van der Waals surface area contributed by atoms with Gasteiger partial charge in [-0.1, -0.05) is 6.58 Å². The van der Waals surface area contributed by atoms with Gasteiger partial charge in [-0.15, -0.1) is 0 Å². The fourth-order valence-electron chi connectivity index (χ4n) is 1.27. The number of rotatable bonds is 7. The molecule has 2 unspecified atom stereocenters. The maximum absolute atomic E-state index is 13.6. The van der Waals surface area contributed by atoms with Crippen LogP contribution in [0.3, 0.4) is 0 Å². The molecule has 0 spiro atoms. The maximum atomic E-state index is 13.6. The number of aliphatic hydroxyl groups is 1. The van der Waals surface area contributed by atoms with Crippen LogP contribution in [0.1, 0.15) is 0 Å². The van der Waals surface area contributed by atoms with Gasteiger partial charge in [-0.3, -0.25) is 0 Å².